The summed E-state index contributed by atoms with van der Waals surface area (Å²) in [6.07, 6.45) is 12.1. The second-order valence-corrected chi connectivity index (χ2v) is 5.66. The van der Waals surface area contributed by atoms with Gasteiger partial charge < -0.3 is 10.6 Å². The van der Waals surface area contributed by atoms with Crippen molar-refractivity contribution in [2.24, 2.45) is 5.73 Å². The standard InChI is InChI=1S/C12H25NO.C6H15N/c1-2-3-4-5-6-7-8-9-10-11-12(13)14;1-4-7(5-2)6-3/h2-11H2,1H3,(H2,13,14);4-6H2,1-3H3. The van der Waals surface area contributed by atoms with Crippen LogP contribution in [0.2, 0.25) is 0 Å². The number of hydrogen-bond acceptors (Lipinski definition) is 2. The summed E-state index contributed by atoms with van der Waals surface area (Å²) in [4.78, 5) is 12.8. The summed E-state index contributed by atoms with van der Waals surface area (Å²) in [5.41, 5.74) is 5.05. The molecule has 0 heterocycles. The highest BCUT2D eigenvalue weighted by Gasteiger charge is 1.94. The lowest BCUT2D eigenvalue weighted by molar-refractivity contribution is -0.118. The van der Waals surface area contributed by atoms with Crippen LogP contribution in [0.1, 0.15) is 91.9 Å². The third-order valence-electron chi connectivity index (χ3n) is 3.87. The first-order chi connectivity index (χ1) is 10.1. The van der Waals surface area contributed by atoms with Crippen LogP contribution in [-0.4, -0.2) is 30.4 Å². The van der Waals surface area contributed by atoms with E-state index in [1.54, 1.807) is 0 Å². The van der Waals surface area contributed by atoms with Crippen molar-refractivity contribution in [2.45, 2.75) is 91.9 Å². The Hall–Kier alpha value is -0.570. The van der Waals surface area contributed by atoms with Crippen molar-refractivity contribution in [1.82, 2.24) is 4.90 Å². The van der Waals surface area contributed by atoms with Crippen molar-refractivity contribution in [1.29, 1.82) is 0 Å². The van der Waals surface area contributed by atoms with Gasteiger partial charge in [0.15, 0.2) is 0 Å². The number of hydrogen-bond donors (Lipinski definition) is 1. The summed E-state index contributed by atoms with van der Waals surface area (Å²) < 4.78 is 0. The zero-order valence-corrected chi connectivity index (χ0v) is 15.1. The lowest BCUT2D eigenvalue weighted by Gasteiger charge is -2.13. The Morgan fingerprint density at radius 1 is 0.714 bits per heavy atom. The predicted octanol–water partition coefficient (Wildman–Crippen LogP) is 4.74. The van der Waals surface area contributed by atoms with Crippen molar-refractivity contribution in [2.75, 3.05) is 19.6 Å². The highest BCUT2D eigenvalue weighted by Crippen LogP contribution is 2.10. The van der Waals surface area contributed by atoms with E-state index in [1.807, 2.05) is 0 Å². The van der Waals surface area contributed by atoms with Crippen molar-refractivity contribution in [3.05, 3.63) is 0 Å². The van der Waals surface area contributed by atoms with Crippen LogP contribution in [-0.2, 0) is 4.79 Å². The van der Waals surface area contributed by atoms with E-state index in [0.29, 0.717) is 6.42 Å². The van der Waals surface area contributed by atoms with Gasteiger partial charge >= 0.3 is 0 Å². The minimum Gasteiger partial charge on any atom is -0.370 e. The van der Waals surface area contributed by atoms with E-state index in [2.05, 4.69) is 32.6 Å². The van der Waals surface area contributed by atoms with Gasteiger partial charge in [0.25, 0.3) is 0 Å². The van der Waals surface area contributed by atoms with E-state index in [0.717, 1.165) is 12.8 Å². The van der Waals surface area contributed by atoms with Gasteiger partial charge in [-0.2, -0.15) is 0 Å². The average Bonchev–Trinajstić information content (AvgIpc) is 2.48. The summed E-state index contributed by atoms with van der Waals surface area (Å²) >= 11 is 0. The average molecular weight is 301 g/mol. The molecule has 0 aliphatic rings. The lowest BCUT2D eigenvalue weighted by Crippen LogP contribution is -2.21. The molecule has 0 rings (SSSR count). The minimum atomic E-state index is -0.159. The normalized spacial score (nSPS) is 10.3. The Kier molecular flexibility index (Phi) is 21.0. The van der Waals surface area contributed by atoms with E-state index < -0.39 is 0 Å². The van der Waals surface area contributed by atoms with Gasteiger partial charge in [0.1, 0.15) is 0 Å². The topological polar surface area (TPSA) is 46.3 Å². The van der Waals surface area contributed by atoms with E-state index >= 15 is 0 Å². The molecule has 3 nitrogen and oxygen atoms in total. The lowest BCUT2D eigenvalue weighted by atomic mass is 10.1. The molecule has 0 saturated carbocycles. The molecule has 21 heavy (non-hydrogen) atoms. The van der Waals surface area contributed by atoms with Crippen molar-refractivity contribution >= 4 is 5.91 Å². The second-order valence-electron chi connectivity index (χ2n) is 5.66. The van der Waals surface area contributed by atoms with Crippen LogP contribution in [0.25, 0.3) is 0 Å². The van der Waals surface area contributed by atoms with Gasteiger partial charge in [-0.05, 0) is 26.1 Å². The summed E-state index contributed by atoms with van der Waals surface area (Å²) in [6, 6.07) is 0. The molecule has 0 aliphatic carbocycles. The van der Waals surface area contributed by atoms with Gasteiger partial charge in [-0.1, -0.05) is 79.1 Å². The zero-order chi connectivity index (χ0) is 16.3. The maximum atomic E-state index is 10.4. The molecule has 0 aromatic heterocycles. The first-order valence-corrected chi connectivity index (χ1v) is 9.12. The first kappa shape index (κ1) is 22.7. The Morgan fingerprint density at radius 2 is 1.10 bits per heavy atom. The van der Waals surface area contributed by atoms with Gasteiger partial charge in [0.2, 0.25) is 5.91 Å². The van der Waals surface area contributed by atoms with E-state index in [-0.39, 0.29) is 5.91 Å². The largest absolute Gasteiger partial charge is 0.370 e. The Morgan fingerprint density at radius 3 is 1.38 bits per heavy atom. The molecule has 0 aromatic carbocycles. The molecule has 1 amide bonds. The SMILES string of the molecule is CCCCCCCCCCCC(N)=O.CCN(CC)CC. The number of nitrogens with two attached hydrogens (primary N) is 1. The summed E-state index contributed by atoms with van der Waals surface area (Å²) in [6.45, 7) is 12.4. The molecule has 0 fully saturated rings. The highest BCUT2D eigenvalue weighted by atomic mass is 16.1. The molecule has 0 saturated heterocycles. The van der Waals surface area contributed by atoms with Crippen molar-refractivity contribution in [3.8, 4) is 0 Å². The number of rotatable bonds is 13. The van der Waals surface area contributed by atoms with E-state index in [4.69, 9.17) is 5.73 Å². The molecule has 0 bridgehead atoms. The Bertz CT molecular complexity index is 198. The smallest absolute Gasteiger partial charge is 0.217 e. The third kappa shape index (κ3) is 21.9. The monoisotopic (exact) mass is 300 g/mol. The molecule has 0 aliphatic heterocycles. The Labute approximate surface area is 133 Å². The van der Waals surface area contributed by atoms with Gasteiger partial charge in [-0.25, -0.2) is 0 Å². The molecule has 0 spiro atoms. The minimum absolute atomic E-state index is 0.159. The van der Waals surface area contributed by atoms with Gasteiger partial charge in [-0.3, -0.25) is 4.79 Å². The molecular weight excluding hydrogens is 260 g/mol. The zero-order valence-electron chi connectivity index (χ0n) is 15.1. The van der Waals surface area contributed by atoms with Crippen LogP contribution in [0.15, 0.2) is 0 Å². The fraction of sp³-hybridized carbons (Fsp3) is 0.944. The maximum absolute atomic E-state index is 10.4. The van der Waals surface area contributed by atoms with Crippen LogP contribution < -0.4 is 5.73 Å². The summed E-state index contributed by atoms with van der Waals surface area (Å²) in [7, 11) is 0. The Balaban J connectivity index is 0. The number of amides is 1. The van der Waals surface area contributed by atoms with Crippen molar-refractivity contribution in [3.63, 3.8) is 0 Å². The van der Waals surface area contributed by atoms with E-state index in [9.17, 15) is 4.79 Å². The molecule has 0 atom stereocenters. The van der Waals surface area contributed by atoms with Gasteiger partial charge in [0.05, 0.1) is 0 Å². The fourth-order valence-electron chi connectivity index (χ4n) is 2.28. The van der Waals surface area contributed by atoms with Crippen LogP contribution in [0, 0.1) is 0 Å². The highest BCUT2D eigenvalue weighted by molar-refractivity contribution is 5.73. The van der Waals surface area contributed by atoms with E-state index in [1.165, 1.54) is 64.6 Å². The number of nitrogens with zero attached hydrogens (tertiary/aromatic N) is 1. The number of carbonyl (C=O) groups is 1. The third-order valence-corrected chi connectivity index (χ3v) is 3.87. The fourth-order valence-corrected chi connectivity index (χ4v) is 2.28. The number of primary amides is 1. The molecule has 128 valence electrons. The molecule has 3 heteroatoms. The van der Waals surface area contributed by atoms with Crippen LogP contribution in [0.5, 0.6) is 0 Å². The molecule has 0 radical (unpaired) electrons. The van der Waals surface area contributed by atoms with Crippen LogP contribution in [0.4, 0.5) is 0 Å². The molecule has 0 aromatic rings. The molecule has 2 N–H and O–H groups in total. The number of carbonyl (C=O) groups excluding carboxylic acids is 1. The summed E-state index contributed by atoms with van der Waals surface area (Å²) in [5, 5.41) is 0. The molecular formula is C18H40N2O. The quantitative estimate of drug-likeness (QED) is 0.499. The summed E-state index contributed by atoms with van der Waals surface area (Å²) in [5.74, 6) is -0.159. The van der Waals surface area contributed by atoms with Crippen molar-refractivity contribution < 1.29 is 4.79 Å². The van der Waals surface area contributed by atoms with Gasteiger partial charge in [0, 0.05) is 6.42 Å². The first-order valence-electron chi connectivity index (χ1n) is 9.12. The second kappa shape index (κ2) is 19.4. The maximum Gasteiger partial charge on any atom is 0.217 e. The van der Waals surface area contributed by atoms with Crippen LogP contribution >= 0.6 is 0 Å². The molecule has 0 unspecified atom stereocenters. The predicted molar refractivity (Wildman–Crippen MR) is 94.5 cm³/mol. The van der Waals surface area contributed by atoms with Crippen LogP contribution in [0.3, 0.4) is 0 Å². The van der Waals surface area contributed by atoms with Gasteiger partial charge in [-0.15, -0.1) is 0 Å². The number of unbranched alkanes of at least 4 members (excludes halogenated alkanes) is 8.